The van der Waals surface area contributed by atoms with Crippen molar-refractivity contribution in [2.24, 2.45) is 5.92 Å². The fraction of sp³-hybridized carbons (Fsp3) is 0.833. The van der Waals surface area contributed by atoms with E-state index in [9.17, 15) is 9.59 Å². The van der Waals surface area contributed by atoms with Gasteiger partial charge in [0.1, 0.15) is 0 Å². The highest BCUT2D eigenvalue weighted by Crippen LogP contribution is 2.12. The minimum atomic E-state index is -1.40. The molecule has 0 aliphatic carbocycles. The number of hydrogen-bond donors (Lipinski definition) is 3. The maximum Gasteiger partial charge on any atom is 0.332 e. The highest BCUT2D eigenvalue weighted by atomic mass is 16.4. The van der Waals surface area contributed by atoms with Crippen LogP contribution in [0.15, 0.2) is 0 Å². The van der Waals surface area contributed by atoms with Crippen LogP contribution in [0.25, 0.3) is 0 Å². The fourth-order valence-corrected chi connectivity index (χ4v) is 1.57. The zero-order valence-electron chi connectivity index (χ0n) is 10.6. The summed E-state index contributed by atoms with van der Waals surface area (Å²) in [5.41, 5.74) is 0. The minimum Gasteiger partial charge on any atom is -0.479 e. The summed E-state index contributed by atoms with van der Waals surface area (Å²) in [7, 11) is 0. The second kappa shape index (κ2) is 8.98. The Morgan fingerprint density at radius 1 is 1.24 bits per heavy atom. The number of carboxylic acids is 1. The first kappa shape index (κ1) is 15.9. The van der Waals surface area contributed by atoms with Crippen molar-refractivity contribution in [1.82, 2.24) is 5.32 Å². The van der Waals surface area contributed by atoms with Gasteiger partial charge in [-0.05, 0) is 12.8 Å². The van der Waals surface area contributed by atoms with Crippen LogP contribution < -0.4 is 5.32 Å². The molecule has 0 saturated heterocycles. The monoisotopic (exact) mass is 245 g/mol. The van der Waals surface area contributed by atoms with E-state index in [1.165, 1.54) is 0 Å². The molecule has 1 amide bonds. The van der Waals surface area contributed by atoms with Gasteiger partial charge in [-0.25, -0.2) is 4.79 Å². The van der Waals surface area contributed by atoms with Gasteiger partial charge in [-0.1, -0.05) is 26.7 Å². The van der Waals surface area contributed by atoms with Crippen LogP contribution in [0.3, 0.4) is 0 Å². The lowest BCUT2D eigenvalue weighted by Gasteiger charge is -2.14. The summed E-state index contributed by atoms with van der Waals surface area (Å²) in [6.07, 6.45) is 2.37. The summed E-state index contributed by atoms with van der Waals surface area (Å²) < 4.78 is 0. The van der Waals surface area contributed by atoms with Gasteiger partial charge < -0.3 is 15.5 Å². The van der Waals surface area contributed by atoms with Crippen LogP contribution in [-0.4, -0.2) is 34.7 Å². The Bertz CT molecular complexity index is 243. The largest absolute Gasteiger partial charge is 0.479 e. The molecule has 3 N–H and O–H groups in total. The topological polar surface area (TPSA) is 86.6 Å². The average molecular weight is 245 g/mol. The molecule has 0 aromatic heterocycles. The number of hydrogen-bond acceptors (Lipinski definition) is 3. The second-order valence-corrected chi connectivity index (χ2v) is 4.18. The van der Waals surface area contributed by atoms with E-state index in [4.69, 9.17) is 10.2 Å². The number of aliphatic carboxylic acids is 1. The quantitative estimate of drug-likeness (QED) is 0.569. The van der Waals surface area contributed by atoms with Gasteiger partial charge in [0.25, 0.3) is 0 Å². The van der Waals surface area contributed by atoms with Crippen LogP contribution in [0.1, 0.15) is 46.0 Å². The van der Waals surface area contributed by atoms with Crippen LogP contribution in [-0.2, 0) is 9.59 Å². The number of rotatable bonds is 9. The molecule has 0 rings (SSSR count). The zero-order valence-corrected chi connectivity index (χ0v) is 10.6. The Hall–Kier alpha value is -1.10. The standard InChI is InChI=1S/C12H23NO4/c1-3-5-6-9(4-2)11(15)13-8-7-10(14)12(16)17/h9-10,14H,3-8H2,1-2H3,(H,13,15)(H,16,17). The zero-order chi connectivity index (χ0) is 13.3. The first-order valence-electron chi connectivity index (χ1n) is 6.21. The molecular weight excluding hydrogens is 222 g/mol. The van der Waals surface area contributed by atoms with Crippen LogP contribution >= 0.6 is 0 Å². The smallest absolute Gasteiger partial charge is 0.332 e. The Balaban J connectivity index is 3.86. The molecule has 0 bridgehead atoms. The molecule has 5 heteroatoms. The van der Waals surface area contributed by atoms with Gasteiger partial charge >= 0.3 is 5.97 Å². The Kier molecular flexibility index (Phi) is 8.40. The van der Waals surface area contributed by atoms with E-state index in [1.54, 1.807) is 0 Å². The highest BCUT2D eigenvalue weighted by Gasteiger charge is 2.17. The first-order chi connectivity index (χ1) is 8.02. The Morgan fingerprint density at radius 3 is 2.35 bits per heavy atom. The summed E-state index contributed by atoms with van der Waals surface area (Å²) in [4.78, 5) is 22.0. The van der Waals surface area contributed by atoms with Crippen LogP contribution in [0.5, 0.6) is 0 Å². The lowest BCUT2D eigenvalue weighted by Crippen LogP contribution is -2.34. The van der Waals surface area contributed by atoms with E-state index in [0.29, 0.717) is 0 Å². The number of amides is 1. The summed E-state index contributed by atoms with van der Waals surface area (Å²) in [6.45, 7) is 4.24. The maximum atomic E-state index is 11.7. The molecule has 0 aromatic carbocycles. The average Bonchev–Trinajstić information content (AvgIpc) is 2.29. The van der Waals surface area contributed by atoms with Crippen molar-refractivity contribution in [3.05, 3.63) is 0 Å². The SMILES string of the molecule is CCCCC(CC)C(=O)NCCC(O)C(=O)O. The van der Waals surface area contributed by atoms with Gasteiger partial charge in [-0.15, -0.1) is 0 Å². The fourth-order valence-electron chi connectivity index (χ4n) is 1.57. The summed E-state index contributed by atoms with van der Waals surface area (Å²) >= 11 is 0. The lowest BCUT2D eigenvalue weighted by molar-refractivity contribution is -0.147. The predicted molar refractivity (Wildman–Crippen MR) is 64.6 cm³/mol. The van der Waals surface area contributed by atoms with Crippen molar-refractivity contribution in [3.8, 4) is 0 Å². The predicted octanol–water partition coefficient (Wildman–Crippen LogP) is 1.15. The van der Waals surface area contributed by atoms with Crippen molar-refractivity contribution < 1.29 is 19.8 Å². The number of aliphatic hydroxyl groups is 1. The molecule has 0 radical (unpaired) electrons. The number of nitrogens with one attached hydrogen (secondary N) is 1. The molecule has 100 valence electrons. The number of carboxylic acid groups (broad SMARTS) is 1. The highest BCUT2D eigenvalue weighted by molar-refractivity contribution is 5.78. The maximum absolute atomic E-state index is 11.7. The Morgan fingerprint density at radius 2 is 1.88 bits per heavy atom. The third-order valence-electron chi connectivity index (χ3n) is 2.77. The molecule has 0 aliphatic rings. The lowest BCUT2D eigenvalue weighted by atomic mass is 9.98. The van der Waals surface area contributed by atoms with E-state index in [-0.39, 0.29) is 24.8 Å². The first-order valence-corrected chi connectivity index (χ1v) is 6.21. The van der Waals surface area contributed by atoms with E-state index >= 15 is 0 Å². The molecule has 0 aliphatic heterocycles. The van der Waals surface area contributed by atoms with Gasteiger partial charge in [-0.3, -0.25) is 4.79 Å². The summed E-state index contributed by atoms with van der Waals surface area (Å²) in [5.74, 6) is -1.30. The van der Waals surface area contributed by atoms with Crippen molar-refractivity contribution in [1.29, 1.82) is 0 Å². The molecular formula is C12H23NO4. The number of aliphatic hydroxyl groups excluding tert-OH is 1. The van der Waals surface area contributed by atoms with Crippen molar-refractivity contribution in [2.45, 2.75) is 52.1 Å². The number of carbonyl (C=O) groups excluding carboxylic acids is 1. The summed E-state index contributed by atoms with van der Waals surface area (Å²) in [5, 5.41) is 20.1. The van der Waals surface area contributed by atoms with Crippen molar-refractivity contribution >= 4 is 11.9 Å². The molecule has 2 atom stereocenters. The van der Waals surface area contributed by atoms with Crippen LogP contribution in [0.4, 0.5) is 0 Å². The van der Waals surface area contributed by atoms with Gasteiger partial charge in [0, 0.05) is 18.9 Å². The van der Waals surface area contributed by atoms with Gasteiger partial charge in [0.05, 0.1) is 0 Å². The summed E-state index contributed by atoms with van der Waals surface area (Å²) in [6, 6.07) is 0. The second-order valence-electron chi connectivity index (χ2n) is 4.18. The normalized spacial score (nSPS) is 14.1. The van der Waals surface area contributed by atoms with E-state index in [0.717, 1.165) is 25.7 Å². The van der Waals surface area contributed by atoms with Crippen molar-refractivity contribution in [3.63, 3.8) is 0 Å². The molecule has 17 heavy (non-hydrogen) atoms. The Labute approximate surface area is 102 Å². The number of carbonyl (C=O) groups is 2. The third kappa shape index (κ3) is 6.94. The van der Waals surface area contributed by atoms with Gasteiger partial charge in [0.2, 0.25) is 5.91 Å². The molecule has 0 heterocycles. The third-order valence-corrected chi connectivity index (χ3v) is 2.77. The molecule has 0 fully saturated rings. The van der Waals surface area contributed by atoms with Crippen LogP contribution in [0, 0.1) is 5.92 Å². The minimum absolute atomic E-state index is 0.00285. The molecule has 0 saturated carbocycles. The number of unbranched alkanes of at least 4 members (excludes halogenated alkanes) is 1. The van der Waals surface area contributed by atoms with Gasteiger partial charge in [-0.2, -0.15) is 0 Å². The molecule has 0 aromatic rings. The van der Waals surface area contributed by atoms with E-state index in [1.807, 2.05) is 6.92 Å². The van der Waals surface area contributed by atoms with E-state index < -0.39 is 12.1 Å². The molecule has 2 unspecified atom stereocenters. The molecule has 5 nitrogen and oxygen atoms in total. The van der Waals surface area contributed by atoms with E-state index in [2.05, 4.69) is 12.2 Å². The molecule has 0 spiro atoms. The van der Waals surface area contributed by atoms with Crippen molar-refractivity contribution in [2.75, 3.05) is 6.54 Å². The van der Waals surface area contributed by atoms with Crippen LogP contribution in [0.2, 0.25) is 0 Å². The van der Waals surface area contributed by atoms with Gasteiger partial charge in [0.15, 0.2) is 6.10 Å².